The fourth-order valence-electron chi connectivity index (χ4n) is 2.67. The first kappa shape index (κ1) is 18.7. The number of amides is 1. The SMILES string of the molecule is Cc1cn2cccc(OCC(=O)Nc3nc(-c4ccc(Cl)cc4Cl)cs3)c2n1. The van der Waals surface area contributed by atoms with Crippen LogP contribution in [0.2, 0.25) is 10.0 Å². The summed E-state index contributed by atoms with van der Waals surface area (Å²) in [6, 6.07) is 8.80. The Morgan fingerprint density at radius 2 is 2.14 bits per heavy atom. The standard InChI is InChI=1S/C19H14Cl2N4O2S/c1-11-8-25-6-2-3-16(18(25)22-11)27-9-17(26)24-19-23-15(10-28-19)13-5-4-12(20)7-14(13)21/h2-8,10H,9H2,1H3,(H,23,24,26). The highest BCUT2D eigenvalue weighted by Crippen LogP contribution is 2.32. The van der Waals surface area contributed by atoms with Gasteiger partial charge in [0.2, 0.25) is 0 Å². The molecule has 142 valence electrons. The normalized spacial score (nSPS) is 11.0. The number of pyridine rings is 1. The Labute approximate surface area is 174 Å². The Kier molecular flexibility index (Phi) is 5.21. The molecule has 28 heavy (non-hydrogen) atoms. The largest absolute Gasteiger partial charge is 0.480 e. The fraction of sp³-hybridized carbons (Fsp3) is 0.105. The second-order valence-corrected chi connectivity index (χ2v) is 7.69. The summed E-state index contributed by atoms with van der Waals surface area (Å²) in [6.07, 6.45) is 3.77. The number of carbonyl (C=O) groups is 1. The second-order valence-electron chi connectivity index (χ2n) is 5.98. The molecule has 0 saturated carbocycles. The molecule has 0 unspecified atom stereocenters. The van der Waals surface area contributed by atoms with E-state index in [1.807, 2.05) is 35.2 Å². The molecule has 0 aliphatic carbocycles. The van der Waals surface area contributed by atoms with Crippen molar-refractivity contribution in [2.45, 2.75) is 6.92 Å². The van der Waals surface area contributed by atoms with Crippen LogP contribution in [0.3, 0.4) is 0 Å². The number of thiazole rings is 1. The highest BCUT2D eigenvalue weighted by Gasteiger charge is 2.12. The first-order valence-electron chi connectivity index (χ1n) is 8.27. The third-order valence-corrected chi connectivity index (χ3v) is 5.19. The van der Waals surface area contributed by atoms with Crippen LogP contribution in [0.4, 0.5) is 5.13 Å². The summed E-state index contributed by atoms with van der Waals surface area (Å²) in [5.74, 6) is 0.229. The average Bonchev–Trinajstić information content (AvgIpc) is 3.25. The molecule has 1 N–H and O–H groups in total. The molecule has 0 atom stereocenters. The summed E-state index contributed by atoms with van der Waals surface area (Å²) in [5, 5.41) is 6.07. The second kappa shape index (κ2) is 7.79. The zero-order valence-electron chi connectivity index (χ0n) is 14.6. The Balaban J connectivity index is 1.42. The van der Waals surface area contributed by atoms with Crippen LogP contribution < -0.4 is 10.1 Å². The van der Waals surface area contributed by atoms with Gasteiger partial charge in [-0.15, -0.1) is 11.3 Å². The van der Waals surface area contributed by atoms with Crippen molar-refractivity contribution in [2.24, 2.45) is 0 Å². The lowest BCUT2D eigenvalue weighted by Gasteiger charge is -2.07. The molecule has 4 aromatic rings. The third-order valence-electron chi connectivity index (χ3n) is 3.88. The molecule has 4 rings (SSSR count). The average molecular weight is 433 g/mol. The third kappa shape index (κ3) is 3.96. The molecule has 1 amide bonds. The number of imidazole rings is 1. The Hall–Kier alpha value is -2.61. The van der Waals surface area contributed by atoms with Gasteiger partial charge < -0.3 is 9.14 Å². The van der Waals surface area contributed by atoms with Gasteiger partial charge in [0.25, 0.3) is 5.91 Å². The van der Waals surface area contributed by atoms with Crippen LogP contribution in [0.5, 0.6) is 5.75 Å². The van der Waals surface area contributed by atoms with E-state index >= 15 is 0 Å². The van der Waals surface area contributed by atoms with E-state index in [1.165, 1.54) is 11.3 Å². The number of anilines is 1. The smallest absolute Gasteiger partial charge is 0.264 e. The first-order valence-corrected chi connectivity index (χ1v) is 9.91. The summed E-state index contributed by atoms with van der Waals surface area (Å²) >= 11 is 13.4. The zero-order valence-corrected chi connectivity index (χ0v) is 17.0. The van der Waals surface area contributed by atoms with Crippen LogP contribution in [0, 0.1) is 6.92 Å². The number of aromatic nitrogens is 3. The number of hydrogen-bond donors (Lipinski definition) is 1. The van der Waals surface area contributed by atoms with E-state index in [9.17, 15) is 4.79 Å². The van der Waals surface area contributed by atoms with E-state index in [0.29, 0.717) is 32.3 Å². The van der Waals surface area contributed by atoms with Gasteiger partial charge in [0.05, 0.1) is 16.4 Å². The predicted molar refractivity (Wildman–Crippen MR) is 112 cm³/mol. The fourth-order valence-corrected chi connectivity index (χ4v) is 3.91. The van der Waals surface area contributed by atoms with Crippen LogP contribution in [0.25, 0.3) is 16.9 Å². The van der Waals surface area contributed by atoms with E-state index in [0.717, 1.165) is 11.3 Å². The Morgan fingerprint density at radius 3 is 2.96 bits per heavy atom. The van der Waals surface area contributed by atoms with Crippen LogP contribution in [-0.4, -0.2) is 26.9 Å². The van der Waals surface area contributed by atoms with Gasteiger partial charge in [0, 0.05) is 28.4 Å². The molecule has 0 fully saturated rings. The van der Waals surface area contributed by atoms with E-state index in [2.05, 4.69) is 15.3 Å². The van der Waals surface area contributed by atoms with Crippen molar-refractivity contribution in [3.63, 3.8) is 0 Å². The number of fused-ring (bicyclic) bond motifs is 1. The number of aryl methyl sites for hydroxylation is 1. The molecule has 9 heteroatoms. The van der Waals surface area contributed by atoms with Gasteiger partial charge >= 0.3 is 0 Å². The molecule has 0 radical (unpaired) electrons. The number of ether oxygens (including phenoxy) is 1. The van der Waals surface area contributed by atoms with Crippen molar-refractivity contribution in [1.29, 1.82) is 0 Å². The van der Waals surface area contributed by atoms with Crippen LogP contribution in [0.15, 0.2) is 48.1 Å². The van der Waals surface area contributed by atoms with Gasteiger partial charge in [-0.05, 0) is 37.3 Å². The molecule has 1 aromatic carbocycles. The van der Waals surface area contributed by atoms with Gasteiger partial charge in [0.1, 0.15) is 0 Å². The lowest BCUT2D eigenvalue weighted by molar-refractivity contribution is -0.118. The molecule has 0 aliphatic heterocycles. The zero-order chi connectivity index (χ0) is 19.7. The molecule has 0 spiro atoms. The minimum atomic E-state index is -0.312. The van der Waals surface area contributed by atoms with E-state index < -0.39 is 0 Å². The van der Waals surface area contributed by atoms with E-state index in [-0.39, 0.29) is 12.5 Å². The first-order chi connectivity index (χ1) is 13.5. The van der Waals surface area contributed by atoms with Gasteiger partial charge in [-0.3, -0.25) is 10.1 Å². The maximum Gasteiger partial charge on any atom is 0.264 e. The molecule has 0 bridgehead atoms. The topological polar surface area (TPSA) is 68.5 Å². The maximum atomic E-state index is 12.2. The van der Waals surface area contributed by atoms with Crippen molar-refractivity contribution in [3.05, 3.63) is 63.8 Å². The molecule has 0 saturated heterocycles. The monoisotopic (exact) mass is 432 g/mol. The number of halogens is 2. The van der Waals surface area contributed by atoms with Crippen LogP contribution >= 0.6 is 34.5 Å². The molecular weight excluding hydrogens is 419 g/mol. The summed E-state index contributed by atoms with van der Waals surface area (Å²) in [7, 11) is 0. The lowest BCUT2D eigenvalue weighted by atomic mass is 10.2. The highest BCUT2D eigenvalue weighted by atomic mass is 35.5. The number of benzene rings is 1. The minimum Gasteiger partial charge on any atom is -0.480 e. The maximum absolute atomic E-state index is 12.2. The van der Waals surface area contributed by atoms with Crippen LogP contribution in [0.1, 0.15) is 5.69 Å². The summed E-state index contributed by atoms with van der Waals surface area (Å²) in [6.45, 7) is 1.75. The molecule has 3 aromatic heterocycles. The summed E-state index contributed by atoms with van der Waals surface area (Å²) in [5.41, 5.74) is 2.96. The molecule has 6 nitrogen and oxygen atoms in total. The van der Waals surface area contributed by atoms with Crippen molar-refractivity contribution >= 4 is 51.2 Å². The predicted octanol–water partition coefficient (Wildman–Crippen LogP) is 5.09. The van der Waals surface area contributed by atoms with Gasteiger partial charge in [-0.2, -0.15) is 0 Å². The van der Waals surface area contributed by atoms with Crippen molar-refractivity contribution in [1.82, 2.24) is 14.4 Å². The number of rotatable bonds is 5. The Bertz CT molecular complexity index is 1170. The molecular formula is C19H14Cl2N4O2S. The Morgan fingerprint density at radius 1 is 1.29 bits per heavy atom. The van der Waals surface area contributed by atoms with Gasteiger partial charge in [0.15, 0.2) is 23.1 Å². The lowest BCUT2D eigenvalue weighted by Crippen LogP contribution is -2.20. The molecule has 3 heterocycles. The van der Waals surface area contributed by atoms with Gasteiger partial charge in [-0.1, -0.05) is 23.2 Å². The molecule has 0 aliphatic rings. The number of nitrogens with one attached hydrogen (secondary N) is 1. The van der Waals surface area contributed by atoms with E-state index in [4.69, 9.17) is 27.9 Å². The summed E-state index contributed by atoms with van der Waals surface area (Å²) < 4.78 is 7.49. The van der Waals surface area contributed by atoms with Crippen LogP contribution in [-0.2, 0) is 4.79 Å². The van der Waals surface area contributed by atoms with E-state index in [1.54, 1.807) is 24.3 Å². The minimum absolute atomic E-state index is 0.151. The quantitative estimate of drug-likeness (QED) is 0.476. The van der Waals surface area contributed by atoms with Crippen molar-refractivity contribution in [3.8, 4) is 17.0 Å². The van der Waals surface area contributed by atoms with Gasteiger partial charge in [-0.25, -0.2) is 9.97 Å². The summed E-state index contributed by atoms with van der Waals surface area (Å²) in [4.78, 5) is 21.1. The van der Waals surface area contributed by atoms with Crippen molar-refractivity contribution in [2.75, 3.05) is 11.9 Å². The number of carbonyl (C=O) groups excluding carboxylic acids is 1. The highest BCUT2D eigenvalue weighted by molar-refractivity contribution is 7.14. The van der Waals surface area contributed by atoms with Crippen molar-refractivity contribution < 1.29 is 9.53 Å². The number of nitrogens with zero attached hydrogens (tertiary/aromatic N) is 3. The number of hydrogen-bond acceptors (Lipinski definition) is 5.